The number of halogens is 2. The van der Waals surface area contributed by atoms with Gasteiger partial charge in [-0.15, -0.1) is 12.4 Å². The van der Waals surface area contributed by atoms with Gasteiger partial charge in [0.15, 0.2) is 0 Å². The second kappa shape index (κ2) is 3.84. The Kier molecular flexibility index (Phi) is 3.70. The molecular weight excluding hydrogens is 181 g/mol. The van der Waals surface area contributed by atoms with Crippen LogP contribution in [0.4, 0.5) is 5.69 Å². The summed E-state index contributed by atoms with van der Waals surface area (Å²) in [6, 6.07) is 3.79. The molecular formula is C8H11Cl2N. The summed E-state index contributed by atoms with van der Waals surface area (Å²) in [6.07, 6.45) is 0. The van der Waals surface area contributed by atoms with Gasteiger partial charge in [0.05, 0.1) is 10.7 Å². The maximum absolute atomic E-state index is 5.86. The van der Waals surface area contributed by atoms with Gasteiger partial charge in [-0.05, 0) is 31.0 Å². The average molecular weight is 192 g/mol. The molecule has 1 aromatic carbocycles. The van der Waals surface area contributed by atoms with Crippen LogP contribution in [0.2, 0.25) is 5.02 Å². The molecule has 3 heteroatoms. The third kappa shape index (κ3) is 2.01. The van der Waals surface area contributed by atoms with E-state index < -0.39 is 0 Å². The number of anilines is 1. The molecule has 0 aliphatic heterocycles. The van der Waals surface area contributed by atoms with Crippen LogP contribution in [0.5, 0.6) is 0 Å². The highest BCUT2D eigenvalue weighted by molar-refractivity contribution is 6.33. The largest absolute Gasteiger partial charge is 0.398 e. The van der Waals surface area contributed by atoms with Crippen LogP contribution in [0.15, 0.2) is 12.1 Å². The lowest BCUT2D eigenvalue weighted by atomic mass is 10.1. The second-order valence-electron chi connectivity index (χ2n) is 2.41. The predicted octanol–water partition coefficient (Wildman–Crippen LogP) is 2.96. The van der Waals surface area contributed by atoms with Crippen molar-refractivity contribution in [1.82, 2.24) is 0 Å². The highest BCUT2D eigenvalue weighted by Gasteiger charge is 2.00. The predicted molar refractivity (Wildman–Crippen MR) is 52.6 cm³/mol. The van der Waals surface area contributed by atoms with E-state index in [1.165, 1.54) is 5.56 Å². The first-order valence-corrected chi connectivity index (χ1v) is 3.52. The summed E-state index contributed by atoms with van der Waals surface area (Å²) in [4.78, 5) is 0. The van der Waals surface area contributed by atoms with Gasteiger partial charge >= 0.3 is 0 Å². The summed E-state index contributed by atoms with van der Waals surface area (Å²) in [5, 5.41) is 0.681. The molecule has 0 aliphatic rings. The Labute approximate surface area is 78.0 Å². The van der Waals surface area contributed by atoms with Gasteiger partial charge in [-0.25, -0.2) is 0 Å². The zero-order chi connectivity index (χ0) is 7.72. The Morgan fingerprint density at radius 1 is 1.27 bits per heavy atom. The zero-order valence-electron chi connectivity index (χ0n) is 6.52. The molecule has 2 N–H and O–H groups in total. The molecule has 0 amide bonds. The van der Waals surface area contributed by atoms with Crippen molar-refractivity contribution in [3.8, 4) is 0 Å². The van der Waals surface area contributed by atoms with Crippen LogP contribution >= 0.6 is 24.0 Å². The third-order valence-electron chi connectivity index (χ3n) is 1.69. The van der Waals surface area contributed by atoms with Crippen molar-refractivity contribution in [2.24, 2.45) is 0 Å². The molecule has 0 radical (unpaired) electrons. The van der Waals surface area contributed by atoms with Crippen molar-refractivity contribution in [3.05, 3.63) is 28.3 Å². The van der Waals surface area contributed by atoms with Gasteiger partial charge in [0.25, 0.3) is 0 Å². The van der Waals surface area contributed by atoms with Crippen LogP contribution in [-0.2, 0) is 0 Å². The van der Waals surface area contributed by atoms with Gasteiger partial charge in [-0.3, -0.25) is 0 Å². The minimum atomic E-state index is 0. The lowest BCUT2D eigenvalue weighted by Crippen LogP contribution is -1.90. The van der Waals surface area contributed by atoms with Crippen molar-refractivity contribution in [2.75, 3.05) is 5.73 Å². The number of nitrogens with two attached hydrogens (primary N) is 1. The molecule has 62 valence electrons. The number of hydrogen-bond acceptors (Lipinski definition) is 1. The van der Waals surface area contributed by atoms with E-state index in [1.807, 2.05) is 26.0 Å². The van der Waals surface area contributed by atoms with E-state index in [4.69, 9.17) is 17.3 Å². The molecule has 0 spiro atoms. The van der Waals surface area contributed by atoms with Crippen LogP contribution in [0, 0.1) is 13.8 Å². The average Bonchev–Trinajstić information content (AvgIpc) is 1.93. The van der Waals surface area contributed by atoms with E-state index in [0.29, 0.717) is 10.7 Å². The summed E-state index contributed by atoms with van der Waals surface area (Å²) < 4.78 is 0. The lowest BCUT2D eigenvalue weighted by molar-refractivity contribution is 1.34. The number of aryl methyl sites for hydroxylation is 1. The van der Waals surface area contributed by atoms with E-state index in [0.717, 1.165) is 5.56 Å². The van der Waals surface area contributed by atoms with Gasteiger partial charge in [0.2, 0.25) is 0 Å². The Morgan fingerprint density at radius 3 is 2.27 bits per heavy atom. The van der Waals surface area contributed by atoms with Gasteiger partial charge < -0.3 is 5.73 Å². The number of rotatable bonds is 0. The first-order valence-electron chi connectivity index (χ1n) is 3.14. The van der Waals surface area contributed by atoms with Gasteiger partial charge in [0.1, 0.15) is 0 Å². The molecule has 0 atom stereocenters. The molecule has 0 bridgehead atoms. The van der Waals surface area contributed by atoms with Gasteiger partial charge in [-0.2, -0.15) is 0 Å². The van der Waals surface area contributed by atoms with Crippen LogP contribution in [-0.4, -0.2) is 0 Å². The maximum Gasteiger partial charge on any atom is 0.0667 e. The highest BCUT2D eigenvalue weighted by Crippen LogP contribution is 2.24. The summed E-state index contributed by atoms with van der Waals surface area (Å²) >= 11 is 5.86. The zero-order valence-corrected chi connectivity index (χ0v) is 8.09. The fraction of sp³-hybridized carbons (Fsp3) is 0.250. The van der Waals surface area contributed by atoms with Crippen molar-refractivity contribution in [3.63, 3.8) is 0 Å². The van der Waals surface area contributed by atoms with E-state index in [1.54, 1.807) is 0 Å². The summed E-state index contributed by atoms with van der Waals surface area (Å²) in [5.41, 5.74) is 8.47. The van der Waals surface area contributed by atoms with Crippen LogP contribution in [0.3, 0.4) is 0 Å². The molecule has 1 nitrogen and oxygen atoms in total. The van der Waals surface area contributed by atoms with Crippen molar-refractivity contribution < 1.29 is 0 Å². The Balaban J connectivity index is 0.000001000. The molecule has 1 aromatic rings. The normalized spacial score (nSPS) is 9.00. The van der Waals surface area contributed by atoms with Crippen molar-refractivity contribution >= 4 is 29.7 Å². The Hall–Kier alpha value is -0.400. The monoisotopic (exact) mass is 191 g/mol. The van der Waals surface area contributed by atoms with E-state index >= 15 is 0 Å². The number of nitrogen functional groups attached to an aromatic ring is 1. The molecule has 0 heterocycles. The SMILES string of the molecule is Cc1ccc(N)c(Cl)c1C.Cl. The Bertz CT molecular complexity index is 232. The van der Waals surface area contributed by atoms with Crippen molar-refractivity contribution in [1.29, 1.82) is 0 Å². The molecule has 11 heavy (non-hydrogen) atoms. The first-order chi connectivity index (χ1) is 4.63. The number of benzene rings is 1. The molecule has 0 aliphatic carbocycles. The third-order valence-corrected chi connectivity index (χ3v) is 2.19. The fourth-order valence-corrected chi connectivity index (χ4v) is 1.01. The summed E-state index contributed by atoms with van der Waals surface area (Å²) in [7, 11) is 0. The van der Waals surface area contributed by atoms with Crippen LogP contribution in [0.1, 0.15) is 11.1 Å². The topological polar surface area (TPSA) is 26.0 Å². The van der Waals surface area contributed by atoms with Crippen LogP contribution in [0.25, 0.3) is 0 Å². The molecule has 0 aromatic heterocycles. The second-order valence-corrected chi connectivity index (χ2v) is 2.79. The van der Waals surface area contributed by atoms with Gasteiger partial charge in [0, 0.05) is 0 Å². The fourth-order valence-electron chi connectivity index (χ4n) is 0.803. The van der Waals surface area contributed by atoms with E-state index in [9.17, 15) is 0 Å². The minimum absolute atomic E-state index is 0. The molecule has 0 fully saturated rings. The molecule has 0 saturated carbocycles. The summed E-state index contributed by atoms with van der Waals surface area (Å²) in [6.45, 7) is 3.98. The molecule has 1 rings (SSSR count). The summed E-state index contributed by atoms with van der Waals surface area (Å²) in [5.74, 6) is 0. The molecule has 0 saturated heterocycles. The lowest BCUT2D eigenvalue weighted by Gasteiger charge is -2.03. The Morgan fingerprint density at radius 2 is 1.82 bits per heavy atom. The first kappa shape index (κ1) is 10.6. The highest BCUT2D eigenvalue weighted by atomic mass is 35.5. The number of hydrogen-bond donors (Lipinski definition) is 1. The standard InChI is InChI=1S/C8H10ClN.ClH/c1-5-3-4-7(10)8(9)6(5)2;/h3-4H,10H2,1-2H3;1H. The van der Waals surface area contributed by atoms with E-state index in [-0.39, 0.29) is 12.4 Å². The maximum atomic E-state index is 5.86. The van der Waals surface area contributed by atoms with Crippen molar-refractivity contribution in [2.45, 2.75) is 13.8 Å². The smallest absolute Gasteiger partial charge is 0.0667 e. The van der Waals surface area contributed by atoms with E-state index in [2.05, 4.69) is 0 Å². The molecule has 0 unspecified atom stereocenters. The minimum Gasteiger partial charge on any atom is -0.398 e. The van der Waals surface area contributed by atoms with Gasteiger partial charge in [-0.1, -0.05) is 17.7 Å². The van der Waals surface area contributed by atoms with Crippen LogP contribution < -0.4 is 5.73 Å². The quantitative estimate of drug-likeness (QED) is 0.628.